The molecule has 7 nitrogen and oxygen atoms in total. The van der Waals surface area contributed by atoms with Crippen LogP contribution < -0.4 is 15.6 Å². The van der Waals surface area contributed by atoms with Crippen LogP contribution in [0, 0.1) is 0 Å². The molecule has 1 N–H and O–H groups in total. The van der Waals surface area contributed by atoms with Gasteiger partial charge in [0.15, 0.2) is 0 Å². The van der Waals surface area contributed by atoms with Gasteiger partial charge in [-0.2, -0.15) is 0 Å². The molecule has 1 aliphatic heterocycles. The number of aromatic amines is 1. The molecule has 0 amide bonds. The Balaban J connectivity index is 1.69. The molecule has 3 heterocycles. The number of thiophene rings is 1. The number of aromatic nitrogens is 2. The normalized spacial score (nSPS) is 14.0. The lowest BCUT2D eigenvalue weighted by Gasteiger charge is -2.30. The predicted molar refractivity (Wildman–Crippen MR) is 122 cm³/mol. The molecule has 0 atom stereocenters. The number of para-hydroxylation sites is 1. The van der Waals surface area contributed by atoms with E-state index in [2.05, 4.69) is 4.98 Å². The minimum Gasteiger partial charge on any atom is -0.298 e. The Labute approximate surface area is 186 Å². The Kier molecular flexibility index (Phi) is 4.76. The molecular weight excluding hydrogens is 458 g/mol. The Morgan fingerprint density at radius 2 is 1.84 bits per heavy atom. The molecule has 10 heteroatoms. The minimum absolute atomic E-state index is 0.0207. The summed E-state index contributed by atoms with van der Waals surface area (Å²) in [5.74, 6) is 0. The van der Waals surface area contributed by atoms with E-state index < -0.39 is 21.3 Å². The van der Waals surface area contributed by atoms with E-state index in [1.54, 1.807) is 23.6 Å². The highest BCUT2D eigenvalue weighted by Gasteiger charge is 2.29. The first-order chi connectivity index (χ1) is 14.9. The summed E-state index contributed by atoms with van der Waals surface area (Å²) < 4.78 is 29.2. The number of hydrogen-bond acceptors (Lipinski definition) is 5. The lowest BCUT2D eigenvalue weighted by Crippen LogP contribution is -2.36. The number of halogens is 1. The average Bonchev–Trinajstić information content (AvgIpc) is 3.23. The second-order valence-electron chi connectivity index (χ2n) is 7.16. The summed E-state index contributed by atoms with van der Waals surface area (Å²) in [6, 6.07) is 13.0. The van der Waals surface area contributed by atoms with Gasteiger partial charge in [0.05, 0.1) is 26.7 Å². The summed E-state index contributed by atoms with van der Waals surface area (Å²) in [6.45, 7) is 0.346. The lowest BCUT2D eigenvalue weighted by molar-refractivity contribution is 0.586. The Morgan fingerprint density at radius 3 is 2.68 bits per heavy atom. The number of fused-ring (bicyclic) bond motifs is 2. The van der Waals surface area contributed by atoms with Gasteiger partial charge in [0.25, 0.3) is 15.6 Å². The van der Waals surface area contributed by atoms with Crippen LogP contribution in [0.4, 0.5) is 5.69 Å². The highest BCUT2D eigenvalue weighted by Crippen LogP contribution is 2.33. The van der Waals surface area contributed by atoms with Crippen molar-refractivity contribution in [1.29, 1.82) is 0 Å². The van der Waals surface area contributed by atoms with Gasteiger partial charge in [-0.1, -0.05) is 29.8 Å². The van der Waals surface area contributed by atoms with Crippen LogP contribution in [0.5, 0.6) is 0 Å². The Hall–Kier alpha value is -2.88. The maximum Gasteiger partial charge on any atom is 0.334 e. The molecule has 0 bridgehead atoms. The Bertz CT molecular complexity index is 1550. The summed E-state index contributed by atoms with van der Waals surface area (Å²) in [5, 5.41) is 2.13. The van der Waals surface area contributed by atoms with Crippen molar-refractivity contribution in [3.05, 3.63) is 85.3 Å². The fraction of sp³-hybridized carbons (Fsp3) is 0.143. The van der Waals surface area contributed by atoms with Crippen molar-refractivity contribution in [2.24, 2.45) is 0 Å². The number of anilines is 1. The first-order valence-corrected chi connectivity index (χ1v) is 12.2. The first kappa shape index (κ1) is 20.0. The third-order valence-electron chi connectivity index (χ3n) is 5.34. The zero-order chi connectivity index (χ0) is 21.8. The molecule has 2 aromatic carbocycles. The van der Waals surface area contributed by atoms with Crippen LogP contribution in [0.15, 0.2) is 68.4 Å². The van der Waals surface area contributed by atoms with E-state index in [0.717, 1.165) is 16.6 Å². The molecule has 0 radical (unpaired) electrons. The van der Waals surface area contributed by atoms with Gasteiger partial charge in [0.2, 0.25) is 0 Å². The third kappa shape index (κ3) is 3.20. The molecule has 158 valence electrons. The molecule has 31 heavy (non-hydrogen) atoms. The van der Waals surface area contributed by atoms with Crippen LogP contribution in [-0.2, 0) is 16.4 Å². The highest BCUT2D eigenvalue weighted by atomic mass is 35.5. The first-order valence-electron chi connectivity index (χ1n) is 9.51. The summed E-state index contributed by atoms with van der Waals surface area (Å²) in [5.41, 5.74) is 0.383. The molecule has 0 saturated carbocycles. The van der Waals surface area contributed by atoms with Crippen molar-refractivity contribution >= 4 is 48.9 Å². The van der Waals surface area contributed by atoms with E-state index in [-0.39, 0.29) is 15.6 Å². The smallest absolute Gasteiger partial charge is 0.298 e. The summed E-state index contributed by atoms with van der Waals surface area (Å²) in [6.07, 6.45) is 1.50. The van der Waals surface area contributed by atoms with Crippen molar-refractivity contribution in [2.75, 3.05) is 10.8 Å². The second-order valence-corrected chi connectivity index (χ2v) is 10.3. The van der Waals surface area contributed by atoms with E-state index >= 15 is 0 Å². The van der Waals surface area contributed by atoms with Gasteiger partial charge < -0.3 is 0 Å². The monoisotopic (exact) mass is 473 g/mol. The van der Waals surface area contributed by atoms with Crippen molar-refractivity contribution in [1.82, 2.24) is 9.55 Å². The van der Waals surface area contributed by atoms with E-state index in [1.165, 1.54) is 33.8 Å². The number of aryl methyl sites for hydroxylation is 1. The van der Waals surface area contributed by atoms with Crippen LogP contribution >= 0.6 is 22.9 Å². The van der Waals surface area contributed by atoms with Gasteiger partial charge in [-0.25, -0.2) is 17.8 Å². The van der Waals surface area contributed by atoms with E-state index in [0.29, 0.717) is 28.9 Å². The van der Waals surface area contributed by atoms with Gasteiger partial charge in [-0.15, -0.1) is 11.3 Å². The fourth-order valence-corrected chi connectivity index (χ4v) is 6.39. The van der Waals surface area contributed by atoms with Crippen molar-refractivity contribution in [2.45, 2.75) is 17.7 Å². The number of H-pyrrole nitrogens is 1. The van der Waals surface area contributed by atoms with Crippen LogP contribution in [0.25, 0.3) is 15.9 Å². The average molecular weight is 474 g/mol. The molecule has 0 saturated heterocycles. The summed E-state index contributed by atoms with van der Waals surface area (Å²) in [7, 11) is -3.93. The molecule has 0 fully saturated rings. The fourth-order valence-electron chi connectivity index (χ4n) is 3.86. The molecule has 1 aliphatic rings. The van der Waals surface area contributed by atoms with E-state index in [9.17, 15) is 18.0 Å². The zero-order valence-corrected chi connectivity index (χ0v) is 18.4. The summed E-state index contributed by atoms with van der Waals surface area (Å²) in [4.78, 5) is 28.6. The molecule has 0 aliphatic carbocycles. The van der Waals surface area contributed by atoms with Crippen molar-refractivity contribution in [3.63, 3.8) is 0 Å². The minimum atomic E-state index is -3.93. The number of nitrogens with one attached hydrogen (secondary N) is 1. The molecule has 5 rings (SSSR count). The SMILES string of the molecule is O=c1[nH]c2sccc2c(=O)n1-c1cc(S(=O)(=O)N2CCCc3ccccc32)ccc1Cl. The van der Waals surface area contributed by atoms with Crippen LogP contribution in [0.1, 0.15) is 12.0 Å². The second kappa shape index (κ2) is 7.37. The summed E-state index contributed by atoms with van der Waals surface area (Å²) >= 11 is 7.54. The lowest BCUT2D eigenvalue weighted by atomic mass is 10.0. The number of sulfonamides is 1. The van der Waals surface area contributed by atoms with Crippen molar-refractivity contribution < 1.29 is 8.42 Å². The van der Waals surface area contributed by atoms with E-state index in [1.807, 2.05) is 12.1 Å². The zero-order valence-electron chi connectivity index (χ0n) is 16.0. The molecule has 0 spiro atoms. The topological polar surface area (TPSA) is 92.2 Å². The molecular formula is C21H16ClN3O4S2. The maximum absolute atomic E-state index is 13.5. The predicted octanol–water partition coefficient (Wildman–Crippen LogP) is 3.54. The van der Waals surface area contributed by atoms with Crippen LogP contribution in [0.2, 0.25) is 5.02 Å². The highest BCUT2D eigenvalue weighted by molar-refractivity contribution is 7.92. The van der Waals surface area contributed by atoms with E-state index in [4.69, 9.17) is 11.6 Å². The quantitative estimate of drug-likeness (QED) is 0.492. The molecule has 2 aromatic heterocycles. The molecule has 4 aromatic rings. The Morgan fingerprint density at radius 1 is 1.03 bits per heavy atom. The maximum atomic E-state index is 13.5. The largest absolute Gasteiger partial charge is 0.334 e. The van der Waals surface area contributed by atoms with Gasteiger partial charge in [-0.3, -0.25) is 14.1 Å². The molecule has 0 unspecified atom stereocenters. The third-order valence-corrected chi connectivity index (χ3v) is 8.30. The number of hydrogen-bond donors (Lipinski definition) is 1. The van der Waals surface area contributed by atoms with Gasteiger partial charge in [-0.05, 0) is 54.1 Å². The number of benzene rings is 2. The van der Waals surface area contributed by atoms with Crippen LogP contribution in [0.3, 0.4) is 0 Å². The van der Waals surface area contributed by atoms with Crippen LogP contribution in [-0.4, -0.2) is 24.5 Å². The van der Waals surface area contributed by atoms with Gasteiger partial charge in [0, 0.05) is 6.54 Å². The van der Waals surface area contributed by atoms with Gasteiger partial charge in [0.1, 0.15) is 4.83 Å². The standard InChI is InChI=1S/C21H16ClN3O4S2/c22-16-8-7-14(31(28,29)24-10-3-5-13-4-1-2-6-17(13)24)12-18(16)25-20(26)15-9-11-30-19(15)23-21(25)27/h1-2,4,6-9,11-12H,3,5,10H2,(H,23,27). The van der Waals surface area contributed by atoms with Gasteiger partial charge >= 0.3 is 5.69 Å². The van der Waals surface area contributed by atoms with Crippen molar-refractivity contribution in [3.8, 4) is 5.69 Å². The number of rotatable bonds is 3. The number of nitrogens with zero attached hydrogens (tertiary/aromatic N) is 2.